The lowest BCUT2D eigenvalue weighted by Gasteiger charge is -2.14. The van der Waals surface area contributed by atoms with Crippen molar-refractivity contribution in [2.45, 2.75) is 6.36 Å². The number of anilines is 1. The summed E-state index contributed by atoms with van der Waals surface area (Å²) in [6.07, 6.45) is -3.52. The Labute approximate surface area is 112 Å². The number of nitrogens with zero attached hydrogens (tertiary/aromatic N) is 2. The van der Waals surface area contributed by atoms with Crippen LogP contribution < -0.4 is 10.5 Å². The predicted octanol–water partition coefficient (Wildman–Crippen LogP) is 3.10. The average molecular weight is 279 g/mol. The van der Waals surface area contributed by atoms with Gasteiger partial charge in [-0.2, -0.15) is 5.26 Å². The Morgan fingerprint density at radius 1 is 1.20 bits per heavy atom. The highest BCUT2D eigenvalue weighted by Gasteiger charge is 2.32. The molecule has 1 aromatic heterocycles. The molecule has 0 spiro atoms. The van der Waals surface area contributed by atoms with Crippen molar-refractivity contribution in [3.8, 4) is 22.9 Å². The first-order chi connectivity index (χ1) is 9.42. The molecule has 0 bridgehead atoms. The molecule has 0 aliphatic carbocycles. The molecule has 2 aromatic rings. The maximum atomic E-state index is 12.4. The Hall–Kier alpha value is -2.75. The smallest absolute Gasteiger partial charge is 0.405 e. The molecule has 2 N–H and O–H groups in total. The van der Waals surface area contributed by atoms with Gasteiger partial charge in [0, 0.05) is 17.3 Å². The van der Waals surface area contributed by atoms with Crippen molar-refractivity contribution in [1.82, 2.24) is 4.98 Å². The minimum Gasteiger partial charge on any atom is -0.405 e. The minimum absolute atomic E-state index is 0.0396. The number of benzene rings is 1. The van der Waals surface area contributed by atoms with Gasteiger partial charge in [-0.1, -0.05) is 18.2 Å². The molecule has 0 saturated heterocycles. The first kappa shape index (κ1) is 13.7. The quantitative estimate of drug-likeness (QED) is 0.916. The number of hydrogen-bond acceptors (Lipinski definition) is 4. The molecule has 1 heterocycles. The first-order valence-corrected chi connectivity index (χ1v) is 5.42. The van der Waals surface area contributed by atoms with E-state index in [0.717, 1.165) is 6.07 Å². The number of halogens is 3. The fourth-order valence-electron chi connectivity index (χ4n) is 1.74. The van der Waals surface area contributed by atoms with Gasteiger partial charge in [-0.25, -0.2) is 4.98 Å². The zero-order valence-corrected chi connectivity index (χ0v) is 9.98. The fourth-order valence-corrected chi connectivity index (χ4v) is 1.74. The fraction of sp³-hybridized carbons (Fsp3) is 0.0769. The third-order valence-electron chi connectivity index (χ3n) is 2.48. The van der Waals surface area contributed by atoms with Crippen LogP contribution >= 0.6 is 0 Å². The van der Waals surface area contributed by atoms with E-state index in [1.54, 1.807) is 0 Å². The Balaban J connectivity index is 2.63. The lowest BCUT2D eigenvalue weighted by Crippen LogP contribution is -2.17. The summed E-state index contributed by atoms with van der Waals surface area (Å²) in [4.78, 5) is 3.79. The van der Waals surface area contributed by atoms with E-state index in [2.05, 4.69) is 9.72 Å². The van der Waals surface area contributed by atoms with Crippen molar-refractivity contribution in [1.29, 1.82) is 5.26 Å². The molecule has 0 saturated carbocycles. The Bertz CT molecular complexity index is 677. The summed E-state index contributed by atoms with van der Waals surface area (Å²) in [7, 11) is 0. The van der Waals surface area contributed by atoms with Gasteiger partial charge in [0.2, 0.25) is 0 Å². The number of rotatable bonds is 2. The third-order valence-corrected chi connectivity index (χ3v) is 2.48. The summed E-state index contributed by atoms with van der Waals surface area (Å²) in [5.41, 5.74) is 5.97. The zero-order valence-electron chi connectivity index (χ0n) is 9.98. The molecule has 102 valence electrons. The van der Waals surface area contributed by atoms with E-state index in [1.165, 1.54) is 30.5 Å². The van der Waals surface area contributed by atoms with Crippen LogP contribution in [0.4, 0.5) is 19.0 Å². The number of para-hydroxylation sites is 1. The highest BCUT2D eigenvalue weighted by atomic mass is 19.4. The Morgan fingerprint density at radius 3 is 2.55 bits per heavy atom. The summed E-state index contributed by atoms with van der Waals surface area (Å²) in [6.45, 7) is 0. The van der Waals surface area contributed by atoms with Crippen LogP contribution in [0.1, 0.15) is 5.56 Å². The van der Waals surface area contributed by atoms with Crippen molar-refractivity contribution in [2.24, 2.45) is 0 Å². The second-order valence-electron chi connectivity index (χ2n) is 3.77. The van der Waals surface area contributed by atoms with Gasteiger partial charge in [0.15, 0.2) is 0 Å². The van der Waals surface area contributed by atoms with Crippen LogP contribution in [0.15, 0.2) is 36.5 Å². The maximum Gasteiger partial charge on any atom is 0.573 e. The van der Waals surface area contributed by atoms with Crippen molar-refractivity contribution >= 4 is 5.82 Å². The molecule has 0 aliphatic rings. The van der Waals surface area contributed by atoms with Crippen LogP contribution in [-0.2, 0) is 0 Å². The second kappa shape index (κ2) is 5.09. The van der Waals surface area contributed by atoms with Gasteiger partial charge in [-0.05, 0) is 12.1 Å². The Kier molecular flexibility index (Phi) is 3.48. The molecular weight excluding hydrogens is 271 g/mol. The number of aromatic nitrogens is 1. The van der Waals surface area contributed by atoms with Crippen LogP contribution in [0, 0.1) is 11.3 Å². The van der Waals surface area contributed by atoms with E-state index in [4.69, 9.17) is 11.0 Å². The van der Waals surface area contributed by atoms with E-state index in [9.17, 15) is 13.2 Å². The van der Waals surface area contributed by atoms with Gasteiger partial charge in [0.1, 0.15) is 11.6 Å². The normalized spacial score (nSPS) is 10.9. The average Bonchev–Trinajstić information content (AvgIpc) is 2.37. The Morgan fingerprint density at radius 2 is 1.90 bits per heavy atom. The van der Waals surface area contributed by atoms with Crippen LogP contribution in [0.2, 0.25) is 0 Å². The third kappa shape index (κ3) is 2.80. The largest absolute Gasteiger partial charge is 0.573 e. The molecule has 20 heavy (non-hydrogen) atoms. The van der Waals surface area contributed by atoms with E-state index in [0.29, 0.717) is 0 Å². The van der Waals surface area contributed by atoms with Crippen molar-refractivity contribution in [2.75, 3.05) is 5.73 Å². The molecule has 4 nitrogen and oxygen atoms in total. The van der Waals surface area contributed by atoms with E-state index < -0.39 is 12.1 Å². The molecule has 1 aromatic carbocycles. The molecule has 0 aliphatic heterocycles. The minimum atomic E-state index is -4.83. The lowest BCUT2D eigenvalue weighted by molar-refractivity contribution is -0.274. The number of nitrogen functional groups attached to an aromatic ring is 1. The summed E-state index contributed by atoms with van der Waals surface area (Å²) in [5.74, 6) is -0.474. The zero-order chi connectivity index (χ0) is 14.8. The second-order valence-corrected chi connectivity index (χ2v) is 3.77. The molecule has 0 radical (unpaired) electrons. The topological polar surface area (TPSA) is 71.9 Å². The van der Waals surface area contributed by atoms with Crippen LogP contribution in [0.25, 0.3) is 11.1 Å². The lowest BCUT2D eigenvalue weighted by atomic mass is 10.0. The summed E-state index contributed by atoms with van der Waals surface area (Å²) < 4.78 is 41.1. The highest BCUT2D eigenvalue weighted by Crippen LogP contribution is 2.37. The van der Waals surface area contributed by atoms with E-state index >= 15 is 0 Å². The van der Waals surface area contributed by atoms with Gasteiger partial charge < -0.3 is 10.5 Å². The molecule has 7 heteroatoms. The first-order valence-electron chi connectivity index (χ1n) is 5.42. The van der Waals surface area contributed by atoms with Crippen molar-refractivity contribution < 1.29 is 17.9 Å². The highest BCUT2D eigenvalue weighted by molar-refractivity contribution is 5.83. The summed E-state index contributed by atoms with van der Waals surface area (Å²) in [6, 6.07) is 8.68. The van der Waals surface area contributed by atoms with Crippen molar-refractivity contribution in [3.63, 3.8) is 0 Å². The number of nitrogens with two attached hydrogens (primary N) is 1. The van der Waals surface area contributed by atoms with Gasteiger partial charge >= 0.3 is 6.36 Å². The van der Waals surface area contributed by atoms with Gasteiger partial charge in [0.25, 0.3) is 0 Å². The summed E-state index contributed by atoms with van der Waals surface area (Å²) in [5, 5.41) is 9.03. The van der Waals surface area contributed by atoms with Gasteiger partial charge in [0.05, 0.1) is 11.6 Å². The molecule has 0 unspecified atom stereocenters. The van der Waals surface area contributed by atoms with E-state index in [-0.39, 0.29) is 22.5 Å². The summed E-state index contributed by atoms with van der Waals surface area (Å²) >= 11 is 0. The van der Waals surface area contributed by atoms with Crippen LogP contribution in [0.3, 0.4) is 0 Å². The molecule has 0 atom stereocenters. The standard InChI is InChI=1S/C13H8F3N3O/c14-13(15,16)20-10-4-2-1-3-9(10)11-8(7-17)5-6-19-12(11)18/h1-6H,(H2,18,19). The number of ether oxygens (including phenoxy) is 1. The van der Waals surface area contributed by atoms with E-state index in [1.807, 2.05) is 6.07 Å². The maximum absolute atomic E-state index is 12.4. The van der Waals surface area contributed by atoms with Crippen LogP contribution in [-0.4, -0.2) is 11.3 Å². The molecule has 0 amide bonds. The number of hydrogen-bond donors (Lipinski definition) is 1. The molecule has 0 fully saturated rings. The van der Waals surface area contributed by atoms with Gasteiger partial charge in [-0.15, -0.1) is 13.2 Å². The SMILES string of the molecule is N#Cc1ccnc(N)c1-c1ccccc1OC(F)(F)F. The molecular formula is C13H8F3N3O. The number of pyridine rings is 1. The number of nitriles is 1. The van der Waals surface area contributed by atoms with Crippen molar-refractivity contribution in [3.05, 3.63) is 42.1 Å². The molecule has 2 rings (SSSR count). The van der Waals surface area contributed by atoms with Gasteiger partial charge in [-0.3, -0.25) is 0 Å². The number of alkyl halides is 3. The van der Waals surface area contributed by atoms with Crippen LogP contribution in [0.5, 0.6) is 5.75 Å². The predicted molar refractivity (Wildman–Crippen MR) is 65.5 cm³/mol. The monoisotopic (exact) mass is 279 g/mol.